The predicted molar refractivity (Wildman–Crippen MR) is 154 cm³/mol. The summed E-state index contributed by atoms with van der Waals surface area (Å²) in [5.74, 6) is -0.391. The van der Waals surface area contributed by atoms with Gasteiger partial charge in [0.1, 0.15) is 18.3 Å². The summed E-state index contributed by atoms with van der Waals surface area (Å²) in [6.07, 6.45) is 0.302. The van der Waals surface area contributed by atoms with Crippen molar-refractivity contribution in [1.82, 2.24) is 10.2 Å². The molecule has 0 fully saturated rings. The topological polar surface area (TPSA) is 96.0 Å². The molecular weight excluding hydrogens is 561 g/mol. The molecule has 208 valence electrons. The molecule has 0 bridgehead atoms. The zero-order valence-corrected chi connectivity index (χ0v) is 24.3. The molecule has 3 rings (SSSR count). The Kier molecular flexibility index (Phi) is 10.6. The first-order chi connectivity index (χ1) is 18.6. The summed E-state index contributed by atoms with van der Waals surface area (Å²) in [6, 6.07) is 18.2. The molecule has 0 radical (unpaired) electrons. The summed E-state index contributed by atoms with van der Waals surface area (Å²) in [4.78, 5) is 28.3. The summed E-state index contributed by atoms with van der Waals surface area (Å²) < 4.78 is 33.8. The number of rotatable bonds is 12. The number of methoxy groups -OCH3 is 1. The van der Waals surface area contributed by atoms with Crippen LogP contribution in [0.3, 0.4) is 0 Å². The number of carbonyl (C=O) groups is 2. The van der Waals surface area contributed by atoms with Crippen LogP contribution in [0, 0.1) is 0 Å². The van der Waals surface area contributed by atoms with Crippen LogP contribution in [0.5, 0.6) is 5.75 Å². The lowest BCUT2D eigenvalue weighted by Gasteiger charge is -2.33. The lowest BCUT2D eigenvalue weighted by atomic mass is 10.1. The highest BCUT2D eigenvalue weighted by Crippen LogP contribution is 2.28. The van der Waals surface area contributed by atoms with Crippen LogP contribution in [0.15, 0.2) is 77.7 Å². The fourth-order valence-corrected chi connectivity index (χ4v) is 5.95. The molecule has 0 saturated heterocycles. The van der Waals surface area contributed by atoms with Crippen molar-refractivity contribution in [3.8, 4) is 5.75 Å². The Morgan fingerprint density at radius 1 is 0.974 bits per heavy atom. The first-order valence-corrected chi connectivity index (χ1v) is 14.5. The Morgan fingerprint density at radius 3 is 2.21 bits per heavy atom. The van der Waals surface area contributed by atoms with E-state index in [2.05, 4.69) is 5.32 Å². The minimum atomic E-state index is -4.15. The van der Waals surface area contributed by atoms with Crippen molar-refractivity contribution < 1.29 is 22.7 Å². The highest BCUT2D eigenvalue weighted by molar-refractivity contribution is 7.92. The average molecular weight is 593 g/mol. The standard InChI is InChI=1S/C28H31Cl2N3O5S/c1-4-26(28(35)31-5-2)32(18-20-11-12-21(29)17-25(20)30)27(34)19-33(22-13-15-23(38-3)16-14-22)39(36,37)24-9-7-6-8-10-24/h6-17,26H,4-5,18-19H2,1-3H3,(H,31,35). The third-order valence-electron chi connectivity index (χ3n) is 6.06. The Bertz CT molecular complexity index is 1390. The van der Waals surface area contributed by atoms with Crippen LogP contribution < -0.4 is 14.4 Å². The highest BCUT2D eigenvalue weighted by Gasteiger charge is 2.33. The molecule has 0 aromatic heterocycles. The molecule has 1 unspecified atom stereocenters. The van der Waals surface area contributed by atoms with E-state index in [0.717, 1.165) is 4.31 Å². The van der Waals surface area contributed by atoms with Crippen LogP contribution in [0.2, 0.25) is 10.0 Å². The van der Waals surface area contributed by atoms with Gasteiger partial charge in [-0.25, -0.2) is 8.42 Å². The van der Waals surface area contributed by atoms with Gasteiger partial charge in [0, 0.05) is 23.1 Å². The van der Waals surface area contributed by atoms with Gasteiger partial charge in [-0.2, -0.15) is 0 Å². The van der Waals surface area contributed by atoms with Crippen LogP contribution in [0.4, 0.5) is 5.69 Å². The highest BCUT2D eigenvalue weighted by atomic mass is 35.5. The van der Waals surface area contributed by atoms with Crippen LogP contribution in [-0.4, -0.2) is 51.4 Å². The fourth-order valence-electron chi connectivity index (χ4n) is 4.04. The third kappa shape index (κ3) is 7.44. The van der Waals surface area contributed by atoms with Crippen molar-refractivity contribution in [2.45, 2.75) is 37.8 Å². The normalized spacial score (nSPS) is 11.9. The monoisotopic (exact) mass is 591 g/mol. The lowest BCUT2D eigenvalue weighted by molar-refractivity contribution is -0.140. The number of ether oxygens (including phenoxy) is 1. The second-order valence-corrected chi connectivity index (χ2v) is 11.3. The van der Waals surface area contributed by atoms with Gasteiger partial charge in [0.15, 0.2) is 0 Å². The quantitative estimate of drug-likeness (QED) is 0.314. The van der Waals surface area contributed by atoms with E-state index in [4.69, 9.17) is 27.9 Å². The van der Waals surface area contributed by atoms with Crippen LogP contribution in [0.1, 0.15) is 25.8 Å². The largest absolute Gasteiger partial charge is 0.497 e. The fraction of sp³-hybridized carbons (Fsp3) is 0.286. The second-order valence-electron chi connectivity index (χ2n) is 8.60. The van der Waals surface area contributed by atoms with Gasteiger partial charge in [0.2, 0.25) is 11.8 Å². The Balaban J connectivity index is 2.07. The number of halogens is 2. The maximum absolute atomic E-state index is 14.0. The number of benzene rings is 3. The number of sulfonamides is 1. The molecule has 0 heterocycles. The lowest BCUT2D eigenvalue weighted by Crippen LogP contribution is -2.52. The third-order valence-corrected chi connectivity index (χ3v) is 8.44. The molecule has 0 aliphatic carbocycles. The molecule has 2 amide bonds. The molecule has 3 aromatic rings. The van der Waals surface area contributed by atoms with E-state index in [1.54, 1.807) is 74.5 Å². The molecule has 11 heteroatoms. The van der Waals surface area contributed by atoms with E-state index >= 15 is 0 Å². The average Bonchev–Trinajstić information content (AvgIpc) is 2.93. The Hall–Kier alpha value is -3.27. The molecule has 0 aliphatic heterocycles. The van der Waals surface area contributed by atoms with E-state index in [1.165, 1.54) is 24.1 Å². The van der Waals surface area contributed by atoms with Gasteiger partial charge in [0.05, 0.1) is 17.7 Å². The van der Waals surface area contributed by atoms with E-state index in [-0.39, 0.29) is 23.0 Å². The zero-order valence-electron chi connectivity index (χ0n) is 21.9. The van der Waals surface area contributed by atoms with Crippen molar-refractivity contribution in [3.05, 3.63) is 88.4 Å². The van der Waals surface area contributed by atoms with Gasteiger partial charge in [-0.05, 0) is 67.4 Å². The summed E-state index contributed by atoms with van der Waals surface area (Å²) >= 11 is 12.5. The maximum Gasteiger partial charge on any atom is 0.264 e. The van der Waals surface area contributed by atoms with E-state index in [0.29, 0.717) is 34.3 Å². The molecule has 0 spiro atoms. The Morgan fingerprint density at radius 2 is 1.64 bits per heavy atom. The maximum atomic E-state index is 14.0. The van der Waals surface area contributed by atoms with Crippen LogP contribution in [-0.2, 0) is 26.2 Å². The van der Waals surface area contributed by atoms with Crippen molar-refractivity contribution in [1.29, 1.82) is 0 Å². The van der Waals surface area contributed by atoms with Gasteiger partial charge < -0.3 is 15.0 Å². The Labute approximate surface area is 239 Å². The number of likely N-dealkylation sites (N-methyl/N-ethyl adjacent to an activating group) is 1. The van der Waals surface area contributed by atoms with Gasteiger partial charge in [-0.15, -0.1) is 0 Å². The number of hydrogen-bond acceptors (Lipinski definition) is 5. The number of nitrogens with zero attached hydrogens (tertiary/aromatic N) is 2. The van der Waals surface area contributed by atoms with E-state index < -0.39 is 28.5 Å². The minimum absolute atomic E-state index is 0.0215. The summed E-state index contributed by atoms with van der Waals surface area (Å²) in [7, 11) is -2.65. The van der Waals surface area contributed by atoms with Crippen molar-refractivity contribution in [3.63, 3.8) is 0 Å². The molecular formula is C28H31Cl2N3O5S. The van der Waals surface area contributed by atoms with Crippen LogP contribution in [0.25, 0.3) is 0 Å². The van der Waals surface area contributed by atoms with Crippen molar-refractivity contribution >= 4 is 50.7 Å². The molecule has 3 aromatic carbocycles. The van der Waals surface area contributed by atoms with Gasteiger partial charge in [-0.1, -0.05) is 54.4 Å². The van der Waals surface area contributed by atoms with Crippen molar-refractivity contribution in [2.75, 3.05) is 24.5 Å². The smallest absolute Gasteiger partial charge is 0.264 e. The predicted octanol–water partition coefficient (Wildman–Crippen LogP) is 5.14. The second kappa shape index (κ2) is 13.7. The molecule has 1 N–H and O–H groups in total. The first-order valence-electron chi connectivity index (χ1n) is 12.3. The van der Waals surface area contributed by atoms with Gasteiger partial charge >= 0.3 is 0 Å². The van der Waals surface area contributed by atoms with E-state index in [1.807, 2.05) is 0 Å². The van der Waals surface area contributed by atoms with Gasteiger partial charge in [0.25, 0.3) is 10.0 Å². The number of nitrogens with one attached hydrogen (secondary N) is 1. The summed E-state index contributed by atoms with van der Waals surface area (Å²) in [5.41, 5.74) is 0.836. The van der Waals surface area contributed by atoms with Crippen molar-refractivity contribution in [2.24, 2.45) is 0 Å². The summed E-state index contributed by atoms with van der Waals surface area (Å²) in [6.45, 7) is 3.37. The molecule has 39 heavy (non-hydrogen) atoms. The molecule has 8 nitrogen and oxygen atoms in total. The zero-order chi connectivity index (χ0) is 28.6. The number of carbonyl (C=O) groups excluding carboxylic acids is 2. The summed E-state index contributed by atoms with van der Waals surface area (Å²) in [5, 5.41) is 3.52. The molecule has 1 atom stereocenters. The van der Waals surface area contributed by atoms with E-state index in [9.17, 15) is 18.0 Å². The number of amides is 2. The molecule has 0 saturated carbocycles. The van der Waals surface area contributed by atoms with Crippen LogP contribution >= 0.6 is 23.2 Å². The van der Waals surface area contributed by atoms with Gasteiger partial charge in [-0.3, -0.25) is 13.9 Å². The minimum Gasteiger partial charge on any atom is -0.497 e. The number of anilines is 1. The number of hydrogen-bond donors (Lipinski definition) is 1. The molecule has 0 aliphatic rings. The first kappa shape index (κ1) is 30.3. The SMILES string of the molecule is CCNC(=O)C(CC)N(Cc1ccc(Cl)cc1Cl)C(=O)CN(c1ccc(OC)cc1)S(=O)(=O)c1ccccc1.